The average Bonchev–Trinajstić information content (AvgIpc) is 2.75. The van der Waals surface area contributed by atoms with Gasteiger partial charge in [0.1, 0.15) is 6.10 Å². The van der Waals surface area contributed by atoms with Crippen molar-refractivity contribution in [2.45, 2.75) is 19.6 Å². The van der Waals surface area contributed by atoms with Crippen molar-refractivity contribution in [3.05, 3.63) is 65.5 Å². The number of ether oxygens (including phenoxy) is 1. The predicted octanol–water partition coefficient (Wildman–Crippen LogP) is 2.25. The summed E-state index contributed by atoms with van der Waals surface area (Å²) in [4.78, 5) is 18.5. The van der Waals surface area contributed by atoms with E-state index in [1.54, 1.807) is 31.3 Å². The van der Waals surface area contributed by atoms with Crippen LogP contribution in [0.2, 0.25) is 0 Å². The van der Waals surface area contributed by atoms with Crippen molar-refractivity contribution in [1.82, 2.24) is 20.9 Å². The number of nitrogens with one attached hydrogen (secondary N) is 3. The molecule has 1 amide bonds. The summed E-state index contributed by atoms with van der Waals surface area (Å²) in [7, 11) is 5.60. The summed E-state index contributed by atoms with van der Waals surface area (Å²) >= 11 is 0. The quantitative estimate of drug-likeness (QED) is 0.399. The first-order valence-electron chi connectivity index (χ1n) is 10.3. The number of hydrogen-bond donors (Lipinski definition) is 3. The SMILES string of the molecule is CN=C(NCc1cccc(C(=O)NCCN(C)C)c1)NCC(C)Oc1ccccc1F. The number of amides is 1. The number of hydrogen-bond acceptors (Lipinski definition) is 4. The van der Waals surface area contributed by atoms with Crippen LogP contribution in [0, 0.1) is 5.82 Å². The fourth-order valence-corrected chi connectivity index (χ4v) is 2.76. The smallest absolute Gasteiger partial charge is 0.251 e. The molecule has 7 nitrogen and oxygen atoms in total. The van der Waals surface area contributed by atoms with Crippen LogP contribution in [0.5, 0.6) is 5.75 Å². The zero-order chi connectivity index (χ0) is 22.6. The zero-order valence-electron chi connectivity index (χ0n) is 18.6. The maximum Gasteiger partial charge on any atom is 0.251 e. The molecule has 0 fully saturated rings. The van der Waals surface area contributed by atoms with Crippen LogP contribution in [0.25, 0.3) is 0 Å². The molecule has 0 saturated carbocycles. The molecule has 0 aliphatic heterocycles. The first-order chi connectivity index (χ1) is 14.9. The Morgan fingerprint density at radius 2 is 1.90 bits per heavy atom. The highest BCUT2D eigenvalue weighted by atomic mass is 19.1. The number of halogens is 1. The van der Waals surface area contributed by atoms with Crippen LogP contribution < -0.4 is 20.7 Å². The van der Waals surface area contributed by atoms with E-state index in [4.69, 9.17) is 4.74 Å². The molecule has 0 aliphatic rings. The van der Waals surface area contributed by atoms with Crippen molar-refractivity contribution >= 4 is 11.9 Å². The molecule has 1 unspecified atom stereocenters. The maximum atomic E-state index is 13.7. The minimum Gasteiger partial charge on any atom is -0.486 e. The van der Waals surface area contributed by atoms with Crippen molar-refractivity contribution in [3.63, 3.8) is 0 Å². The van der Waals surface area contributed by atoms with Crippen molar-refractivity contribution in [2.75, 3.05) is 40.8 Å². The molecular formula is C23H32FN5O2. The summed E-state index contributed by atoms with van der Waals surface area (Å²) in [5.74, 6) is 0.332. The third-order valence-electron chi connectivity index (χ3n) is 4.44. The Balaban J connectivity index is 1.81. The number of guanidine groups is 1. The Morgan fingerprint density at radius 3 is 2.61 bits per heavy atom. The summed E-state index contributed by atoms with van der Waals surface area (Å²) in [6, 6.07) is 13.8. The zero-order valence-corrected chi connectivity index (χ0v) is 18.6. The van der Waals surface area contributed by atoms with Gasteiger partial charge in [0.2, 0.25) is 0 Å². The summed E-state index contributed by atoms with van der Waals surface area (Å²) in [6.07, 6.45) is -0.260. The van der Waals surface area contributed by atoms with Gasteiger partial charge < -0.3 is 25.6 Å². The lowest BCUT2D eigenvalue weighted by molar-refractivity contribution is 0.0951. The van der Waals surface area contributed by atoms with Gasteiger partial charge in [0.25, 0.3) is 5.91 Å². The molecule has 2 aromatic rings. The number of carbonyl (C=O) groups excluding carboxylic acids is 1. The van der Waals surface area contributed by atoms with E-state index in [0.717, 1.165) is 12.1 Å². The largest absolute Gasteiger partial charge is 0.486 e. The standard InChI is InChI=1S/C23H32FN5O2/c1-17(31-21-11-6-5-10-20(21)24)15-27-23(25-2)28-16-18-8-7-9-19(14-18)22(30)26-12-13-29(3)4/h5-11,14,17H,12-13,15-16H2,1-4H3,(H,26,30)(H2,25,27,28). The van der Waals surface area contributed by atoms with Gasteiger partial charge in [-0.2, -0.15) is 0 Å². The minimum atomic E-state index is -0.387. The van der Waals surface area contributed by atoms with Crippen LogP contribution in [0.3, 0.4) is 0 Å². The minimum absolute atomic E-state index is 0.0923. The van der Waals surface area contributed by atoms with Gasteiger partial charge in [-0.15, -0.1) is 0 Å². The monoisotopic (exact) mass is 429 g/mol. The lowest BCUT2D eigenvalue weighted by Gasteiger charge is -2.18. The summed E-state index contributed by atoms with van der Waals surface area (Å²) in [5, 5.41) is 9.29. The Kier molecular flexibility index (Phi) is 9.77. The molecule has 2 aromatic carbocycles. The Labute approximate surface area is 183 Å². The van der Waals surface area contributed by atoms with E-state index in [2.05, 4.69) is 20.9 Å². The summed E-state index contributed by atoms with van der Waals surface area (Å²) in [5.41, 5.74) is 1.58. The predicted molar refractivity (Wildman–Crippen MR) is 122 cm³/mol. The van der Waals surface area contributed by atoms with Gasteiger partial charge in [-0.05, 0) is 50.8 Å². The van der Waals surface area contributed by atoms with Crippen molar-refractivity contribution in [1.29, 1.82) is 0 Å². The highest BCUT2D eigenvalue weighted by Crippen LogP contribution is 2.16. The average molecular weight is 430 g/mol. The molecular weight excluding hydrogens is 397 g/mol. The fraction of sp³-hybridized carbons (Fsp3) is 0.391. The maximum absolute atomic E-state index is 13.7. The van der Waals surface area contributed by atoms with Gasteiger partial charge in [-0.1, -0.05) is 24.3 Å². The van der Waals surface area contributed by atoms with Gasteiger partial charge in [0.15, 0.2) is 17.5 Å². The first-order valence-corrected chi connectivity index (χ1v) is 10.3. The van der Waals surface area contributed by atoms with E-state index in [0.29, 0.717) is 31.2 Å². The van der Waals surface area contributed by atoms with E-state index in [1.165, 1.54) is 6.07 Å². The lowest BCUT2D eigenvalue weighted by Crippen LogP contribution is -2.41. The number of nitrogens with zero attached hydrogens (tertiary/aromatic N) is 2. The van der Waals surface area contributed by atoms with Crippen molar-refractivity contribution in [3.8, 4) is 5.75 Å². The van der Waals surface area contributed by atoms with Crippen LogP contribution in [-0.4, -0.2) is 63.6 Å². The number of aliphatic imine (C=N–C) groups is 1. The third-order valence-corrected chi connectivity index (χ3v) is 4.44. The summed E-state index contributed by atoms with van der Waals surface area (Å²) < 4.78 is 19.3. The highest BCUT2D eigenvalue weighted by molar-refractivity contribution is 5.94. The Bertz CT molecular complexity index is 873. The Hall–Kier alpha value is -3.13. The van der Waals surface area contributed by atoms with E-state index < -0.39 is 0 Å². The van der Waals surface area contributed by atoms with Crippen LogP contribution in [0.1, 0.15) is 22.8 Å². The lowest BCUT2D eigenvalue weighted by atomic mass is 10.1. The second kappa shape index (κ2) is 12.5. The second-order valence-electron chi connectivity index (χ2n) is 7.43. The van der Waals surface area contributed by atoms with Crippen molar-refractivity contribution in [2.24, 2.45) is 4.99 Å². The number of rotatable bonds is 10. The van der Waals surface area contributed by atoms with E-state index in [9.17, 15) is 9.18 Å². The molecule has 8 heteroatoms. The van der Waals surface area contributed by atoms with Gasteiger partial charge >= 0.3 is 0 Å². The van der Waals surface area contributed by atoms with Crippen LogP contribution in [0.15, 0.2) is 53.5 Å². The molecule has 0 bridgehead atoms. The number of likely N-dealkylation sites (N-methyl/N-ethyl adjacent to an activating group) is 1. The number of benzene rings is 2. The molecule has 1 atom stereocenters. The molecule has 31 heavy (non-hydrogen) atoms. The molecule has 0 heterocycles. The highest BCUT2D eigenvalue weighted by Gasteiger charge is 2.10. The molecule has 0 aromatic heterocycles. The van der Waals surface area contributed by atoms with Gasteiger partial charge in [-0.25, -0.2) is 4.39 Å². The molecule has 0 radical (unpaired) electrons. The molecule has 3 N–H and O–H groups in total. The van der Waals surface area contributed by atoms with Crippen LogP contribution in [-0.2, 0) is 6.54 Å². The normalized spacial score (nSPS) is 12.4. The Morgan fingerprint density at radius 1 is 1.13 bits per heavy atom. The fourth-order valence-electron chi connectivity index (χ4n) is 2.76. The van der Waals surface area contributed by atoms with E-state index in [1.807, 2.05) is 44.1 Å². The third kappa shape index (κ3) is 8.64. The summed E-state index contributed by atoms with van der Waals surface area (Å²) in [6.45, 7) is 4.18. The molecule has 0 spiro atoms. The molecule has 168 valence electrons. The van der Waals surface area contributed by atoms with Crippen LogP contribution in [0.4, 0.5) is 4.39 Å². The number of para-hydroxylation sites is 1. The molecule has 2 rings (SSSR count). The topological polar surface area (TPSA) is 78.0 Å². The molecule has 0 aliphatic carbocycles. The van der Waals surface area contributed by atoms with Gasteiger partial charge in [0.05, 0.1) is 6.54 Å². The van der Waals surface area contributed by atoms with E-state index in [-0.39, 0.29) is 23.6 Å². The van der Waals surface area contributed by atoms with Gasteiger partial charge in [-0.3, -0.25) is 9.79 Å². The first kappa shape index (κ1) is 24.1. The van der Waals surface area contributed by atoms with Gasteiger partial charge in [0, 0.05) is 32.2 Å². The van der Waals surface area contributed by atoms with Crippen LogP contribution >= 0.6 is 0 Å². The number of carbonyl (C=O) groups is 1. The molecule has 0 saturated heterocycles. The van der Waals surface area contributed by atoms with Crippen molar-refractivity contribution < 1.29 is 13.9 Å². The second-order valence-corrected chi connectivity index (χ2v) is 7.43. The van der Waals surface area contributed by atoms with E-state index >= 15 is 0 Å².